The van der Waals surface area contributed by atoms with Gasteiger partial charge in [0.1, 0.15) is 0 Å². The molecule has 0 saturated carbocycles. The molecule has 0 aliphatic carbocycles. The van der Waals surface area contributed by atoms with E-state index in [0.29, 0.717) is 5.88 Å². The highest BCUT2D eigenvalue weighted by atomic mass is 32.1. The summed E-state index contributed by atoms with van der Waals surface area (Å²) in [5.41, 5.74) is -0.120. The monoisotopic (exact) mass is 186 g/mol. The molecular formula is C6H6N2O3S. The lowest BCUT2D eigenvalue weighted by Gasteiger charge is -1.97. The van der Waals surface area contributed by atoms with Crippen LogP contribution in [0.25, 0.3) is 0 Å². The second kappa shape index (κ2) is 3.31. The second-order valence-corrected chi connectivity index (χ2v) is 2.41. The van der Waals surface area contributed by atoms with Gasteiger partial charge in [0, 0.05) is 12.1 Å². The lowest BCUT2D eigenvalue weighted by Crippen LogP contribution is -1.93. The predicted octanol–water partition coefficient (Wildman–Crippen LogP) is 1.66. The van der Waals surface area contributed by atoms with E-state index in [2.05, 4.69) is 4.98 Å². The minimum atomic E-state index is -0.543. The van der Waals surface area contributed by atoms with Crippen LogP contribution in [-0.4, -0.2) is 17.0 Å². The summed E-state index contributed by atoms with van der Waals surface area (Å²) in [6, 6.07) is 2.76. The van der Waals surface area contributed by atoms with Crippen LogP contribution in [0.1, 0.15) is 0 Å². The Hall–Kier alpha value is -1.43. The third kappa shape index (κ3) is 1.59. The highest BCUT2D eigenvalue weighted by molar-refractivity contribution is 7.71. The highest BCUT2D eigenvalue weighted by Crippen LogP contribution is 2.15. The summed E-state index contributed by atoms with van der Waals surface area (Å²) < 4.78 is 4.85. The zero-order valence-electron chi connectivity index (χ0n) is 6.23. The summed E-state index contributed by atoms with van der Waals surface area (Å²) in [6.45, 7) is 0. The van der Waals surface area contributed by atoms with Crippen molar-refractivity contribution in [3.8, 4) is 5.88 Å². The van der Waals surface area contributed by atoms with Crippen molar-refractivity contribution in [1.29, 1.82) is 0 Å². The molecule has 1 aromatic heterocycles. The molecule has 0 spiro atoms. The van der Waals surface area contributed by atoms with Crippen molar-refractivity contribution in [2.75, 3.05) is 7.11 Å². The van der Waals surface area contributed by atoms with Crippen LogP contribution in [-0.2, 0) is 0 Å². The molecule has 0 atom stereocenters. The number of hydrogen-bond acceptors (Lipinski definition) is 4. The Balaban J connectivity index is 3.21. The Kier molecular flexibility index (Phi) is 2.39. The quantitative estimate of drug-likeness (QED) is 0.433. The lowest BCUT2D eigenvalue weighted by atomic mass is 10.4. The summed E-state index contributed by atoms with van der Waals surface area (Å²) in [7, 11) is 1.45. The molecule has 0 amide bonds. The van der Waals surface area contributed by atoms with Gasteiger partial charge in [-0.15, -0.1) is 0 Å². The Bertz CT molecular complexity index is 360. The molecule has 0 bridgehead atoms. The van der Waals surface area contributed by atoms with Crippen LogP contribution >= 0.6 is 12.2 Å². The van der Waals surface area contributed by atoms with Gasteiger partial charge in [0.15, 0.2) is 10.5 Å². The van der Waals surface area contributed by atoms with E-state index in [1.54, 1.807) is 0 Å². The largest absolute Gasteiger partial charge is 0.482 e. The summed E-state index contributed by atoms with van der Waals surface area (Å²) in [4.78, 5) is 12.3. The number of H-pyrrole nitrogens is 1. The van der Waals surface area contributed by atoms with Crippen molar-refractivity contribution in [2.24, 2.45) is 0 Å². The Morgan fingerprint density at radius 3 is 2.75 bits per heavy atom. The molecule has 0 aliphatic rings. The summed E-state index contributed by atoms with van der Waals surface area (Å²) in [6.07, 6.45) is 0. The van der Waals surface area contributed by atoms with Crippen LogP contribution in [0.15, 0.2) is 12.1 Å². The molecule has 64 valence electrons. The third-order valence-corrected chi connectivity index (χ3v) is 1.59. The van der Waals surface area contributed by atoms with Gasteiger partial charge in [-0.05, 0) is 0 Å². The molecule has 0 unspecified atom stereocenters. The van der Waals surface area contributed by atoms with Crippen LogP contribution in [0.5, 0.6) is 5.88 Å². The van der Waals surface area contributed by atoms with E-state index < -0.39 is 4.92 Å². The first-order valence-corrected chi connectivity index (χ1v) is 3.47. The topological polar surface area (TPSA) is 68.2 Å². The van der Waals surface area contributed by atoms with Gasteiger partial charge in [0.2, 0.25) is 0 Å². The average molecular weight is 186 g/mol. The number of nitro groups is 1. The van der Waals surface area contributed by atoms with Gasteiger partial charge < -0.3 is 9.72 Å². The molecule has 12 heavy (non-hydrogen) atoms. The number of nitrogens with one attached hydrogen (secondary N) is 1. The minimum Gasteiger partial charge on any atom is -0.482 e. The van der Waals surface area contributed by atoms with E-state index >= 15 is 0 Å². The Labute approximate surface area is 73.1 Å². The molecule has 1 N–H and O–H groups in total. The van der Waals surface area contributed by atoms with Crippen LogP contribution in [0.4, 0.5) is 5.69 Å². The van der Waals surface area contributed by atoms with Crippen LogP contribution in [0.3, 0.4) is 0 Å². The lowest BCUT2D eigenvalue weighted by molar-refractivity contribution is -0.385. The van der Waals surface area contributed by atoms with Crippen LogP contribution in [0.2, 0.25) is 0 Å². The van der Waals surface area contributed by atoms with Gasteiger partial charge >= 0.3 is 5.69 Å². The SMILES string of the molecule is COc1ccc([N+](=O)[O-])c(=S)[nH]1. The predicted molar refractivity (Wildman–Crippen MR) is 44.8 cm³/mol. The van der Waals surface area contributed by atoms with E-state index in [1.165, 1.54) is 19.2 Å². The van der Waals surface area contributed by atoms with Crippen LogP contribution < -0.4 is 4.74 Å². The molecule has 0 saturated heterocycles. The molecule has 0 radical (unpaired) electrons. The number of aromatic nitrogens is 1. The van der Waals surface area contributed by atoms with E-state index in [9.17, 15) is 10.1 Å². The van der Waals surface area contributed by atoms with Gasteiger partial charge in [-0.2, -0.15) is 0 Å². The standard InChI is InChI=1S/C6H6N2O3S/c1-11-5-3-2-4(8(9)10)6(12)7-5/h2-3H,1H3,(H,7,12). The molecule has 5 nitrogen and oxygen atoms in total. The fourth-order valence-electron chi connectivity index (χ4n) is 0.711. The molecule has 6 heteroatoms. The fraction of sp³-hybridized carbons (Fsp3) is 0.167. The maximum absolute atomic E-state index is 10.3. The Morgan fingerprint density at radius 2 is 2.33 bits per heavy atom. The van der Waals surface area contributed by atoms with Gasteiger partial charge in [-0.25, -0.2) is 0 Å². The zero-order valence-corrected chi connectivity index (χ0v) is 7.05. The number of rotatable bonds is 2. The molecule has 0 aromatic carbocycles. The number of methoxy groups -OCH3 is 1. The number of nitrogens with zero attached hydrogens (tertiary/aromatic N) is 1. The number of hydrogen-bond donors (Lipinski definition) is 1. The van der Waals surface area contributed by atoms with Gasteiger partial charge in [-0.1, -0.05) is 12.2 Å². The van der Waals surface area contributed by atoms with Gasteiger partial charge in [0.05, 0.1) is 12.0 Å². The normalized spacial score (nSPS) is 9.42. The molecule has 0 aliphatic heterocycles. The first-order valence-electron chi connectivity index (χ1n) is 3.07. The highest BCUT2D eigenvalue weighted by Gasteiger charge is 2.07. The first kappa shape index (κ1) is 8.66. The molecule has 1 heterocycles. The van der Waals surface area contributed by atoms with Crippen LogP contribution in [0, 0.1) is 14.8 Å². The third-order valence-electron chi connectivity index (χ3n) is 1.28. The van der Waals surface area contributed by atoms with E-state index in [0.717, 1.165) is 0 Å². The van der Waals surface area contributed by atoms with Crippen molar-refractivity contribution in [1.82, 2.24) is 4.98 Å². The maximum Gasteiger partial charge on any atom is 0.304 e. The van der Waals surface area contributed by atoms with Crippen molar-refractivity contribution < 1.29 is 9.66 Å². The Morgan fingerprint density at radius 1 is 1.67 bits per heavy atom. The molecule has 1 rings (SSSR count). The summed E-state index contributed by atoms with van der Waals surface area (Å²) >= 11 is 4.70. The summed E-state index contributed by atoms with van der Waals surface area (Å²) in [5.74, 6) is 0.408. The fourth-order valence-corrected chi connectivity index (χ4v) is 0.954. The maximum atomic E-state index is 10.3. The molecular weight excluding hydrogens is 180 g/mol. The van der Waals surface area contributed by atoms with E-state index in [-0.39, 0.29) is 10.3 Å². The van der Waals surface area contributed by atoms with Crippen molar-refractivity contribution in [3.05, 3.63) is 26.9 Å². The zero-order chi connectivity index (χ0) is 9.14. The van der Waals surface area contributed by atoms with E-state index in [1.807, 2.05) is 0 Å². The van der Waals surface area contributed by atoms with Crippen molar-refractivity contribution >= 4 is 17.9 Å². The van der Waals surface area contributed by atoms with Gasteiger partial charge in [-0.3, -0.25) is 10.1 Å². The second-order valence-electron chi connectivity index (χ2n) is 2.00. The van der Waals surface area contributed by atoms with E-state index in [4.69, 9.17) is 17.0 Å². The smallest absolute Gasteiger partial charge is 0.304 e. The number of ether oxygens (including phenoxy) is 1. The van der Waals surface area contributed by atoms with Crippen molar-refractivity contribution in [2.45, 2.75) is 0 Å². The number of aromatic amines is 1. The first-order chi connectivity index (χ1) is 5.65. The van der Waals surface area contributed by atoms with Crippen molar-refractivity contribution in [3.63, 3.8) is 0 Å². The summed E-state index contributed by atoms with van der Waals surface area (Å²) in [5, 5.41) is 10.3. The molecule has 0 fully saturated rings. The number of pyridine rings is 1. The molecule has 1 aromatic rings. The average Bonchev–Trinajstić information content (AvgIpc) is 2.03. The van der Waals surface area contributed by atoms with Gasteiger partial charge in [0.25, 0.3) is 0 Å². The minimum absolute atomic E-state index is 0.0688.